The van der Waals surface area contributed by atoms with Gasteiger partial charge in [-0.3, -0.25) is 9.59 Å². The summed E-state index contributed by atoms with van der Waals surface area (Å²) in [5.74, 6) is -1.03. The van der Waals surface area contributed by atoms with Crippen LogP contribution in [-0.4, -0.2) is 24.9 Å². The van der Waals surface area contributed by atoms with Crippen molar-refractivity contribution in [2.75, 3.05) is 23.7 Å². The van der Waals surface area contributed by atoms with Gasteiger partial charge in [0.25, 0.3) is 11.8 Å². The maximum atomic E-state index is 13.7. The normalized spacial score (nSPS) is 13.3. The summed E-state index contributed by atoms with van der Waals surface area (Å²) in [5.41, 5.74) is 7.60. The zero-order chi connectivity index (χ0) is 17.1. The second kappa shape index (κ2) is 6.67. The van der Waals surface area contributed by atoms with E-state index in [1.165, 1.54) is 12.1 Å². The lowest BCUT2D eigenvalue weighted by atomic mass is 10.1. The molecule has 3 rings (SSSR count). The molecule has 0 aromatic heterocycles. The standard InChI is InChI=1S/C17H17FN4O2/c18-14-8-12(3-1-11(14)9-19)22-16(23)10-2-4-13-15(7-10)20-5-6-21-17(13)24/h1-4,7-8,20H,5-6,9,19H2,(H,21,24)(H,22,23). The number of carbonyl (C=O) groups excluding carboxylic acids is 2. The summed E-state index contributed by atoms with van der Waals surface area (Å²) in [4.78, 5) is 24.2. The van der Waals surface area contributed by atoms with Gasteiger partial charge in [-0.25, -0.2) is 4.39 Å². The third kappa shape index (κ3) is 3.21. The van der Waals surface area contributed by atoms with Gasteiger partial charge in [-0.1, -0.05) is 6.07 Å². The molecule has 124 valence electrons. The van der Waals surface area contributed by atoms with Crippen molar-refractivity contribution < 1.29 is 14.0 Å². The fraction of sp³-hybridized carbons (Fsp3) is 0.176. The Bertz CT molecular complexity index is 807. The molecular formula is C17H17FN4O2. The molecule has 0 radical (unpaired) electrons. The summed E-state index contributed by atoms with van der Waals surface area (Å²) in [6, 6.07) is 9.13. The van der Waals surface area contributed by atoms with Gasteiger partial charge in [-0.05, 0) is 30.3 Å². The third-order valence-electron chi connectivity index (χ3n) is 3.78. The zero-order valence-corrected chi connectivity index (χ0v) is 12.9. The Kier molecular flexibility index (Phi) is 4.43. The predicted octanol–water partition coefficient (Wildman–Crippen LogP) is 1.69. The Hall–Kier alpha value is -2.93. The largest absolute Gasteiger partial charge is 0.383 e. The lowest BCUT2D eigenvalue weighted by molar-refractivity contribution is 0.0956. The minimum Gasteiger partial charge on any atom is -0.383 e. The predicted molar refractivity (Wildman–Crippen MR) is 89.5 cm³/mol. The molecule has 1 heterocycles. The summed E-state index contributed by atoms with van der Waals surface area (Å²) >= 11 is 0. The Morgan fingerprint density at radius 1 is 1.17 bits per heavy atom. The number of hydrogen-bond donors (Lipinski definition) is 4. The molecule has 6 nitrogen and oxygen atoms in total. The van der Waals surface area contributed by atoms with Crippen LogP contribution in [-0.2, 0) is 6.54 Å². The first-order valence-corrected chi connectivity index (χ1v) is 7.54. The van der Waals surface area contributed by atoms with E-state index in [1.807, 2.05) is 0 Å². The van der Waals surface area contributed by atoms with E-state index in [2.05, 4.69) is 16.0 Å². The van der Waals surface area contributed by atoms with Crippen molar-refractivity contribution in [2.24, 2.45) is 5.73 Å². The molecule has 0 saturated heterocycles. The average molecular weight is 328 g/mol. The Morgan fingerprint density at radius 3 is 2.71 bits per heavy atom. The van der Waals surface area contributed by atoms with Gasteiger partial charge in [0.1, 0.15) is 5.82 Å². The van der Waals surface area contributed by atoms with Gasteiger partial charge >= 0.3 is 0 Å². The Labute approximate surface area is 138 Å². The summed E-state index contributed by atoms with van der Waals surface area (Å²) in [6.45, 7) is 1.19. The lowest BCUT2D eigenvalue weighted by Gasteiger charge is -2.10. The first-order chi connectivity index (χ1) is 11.6. The fourth-order valence-electron chi connectivity index (χ4n) is 2.49. The van der Waals surface area contributed by atoms with Crippen LogP contribution >= 0.6 is 0 Å². The van der Waals surface area contributed by atoms with Crippen molar-refractivity contribution in [3.05, 3.63) is 58.9 Å². The van der Waals surface area contributed by atoms with Crippen molar-refractivity contribution in [1.82, 2.24) is 5.32 Å². The van der Waals surface area contributed by atoms with Crippen LogP contribution in [0.25, 0.3) is 0 Å². The topological polar surface area (TPSA) is 96.2 Å². The minimum absolute atomic E-state index is 0.0958. The van der Waals surface area contributed by atoms with Crippen molar-refractivity contribution in [3.63, 3.8) is 0 Å². The number of fused-ring (bicyclic) bond motifs is 1. The summed E-state index contributed by atoms with van der Waals surface area (Å²) in [5, 5.41) is 8.49. The first-order valence-electron chi connectivity index (χ1n) is 7.54. The van der Waals surface area contributed by atoms with Gasteiger partial charge < -0.3 is 21.7 Å². The average Bonchev–Trinajstić information content (AvgIpc) is 2.76. The van der Waals surface area contributed by atoms with E-state index in [-0.39, 0.29) is 18.4 Å². The molecule has 1 aliphatic rings. The highest BCUT2D eigenvalue weighted by atomic mass is 19.1. The van der Waals surface area contributed by atoms with E-state index in [4.69, 9.17) is 5.73 Å². The van der Waals surface area contributed by atoms with Crippen LogP contribution in [0, 0.1) is 5.82 Å². The highest BCUT2D eigenvalue weighted by Crippen LogP contribution is 2.21. The summed E-state index contributed by atoms with van der Waals surface area (Å²) in [6.07, 6.45) is 0. The molecule has 0 saturated carbocycles. The maximum absolute atomic E-state index is 13.7. The fourth-order valence-corrected chi connectivity index (χ4v) is 2.49. The van der Waals surface area contributed by atoms with Crippen LogP contribution in [0.5, 0.6) is 0 Å². The molecule has 2 aromatic rings. The van der Waals surface area contributed by atoms with Crippen molar-refractivity contribution in [1.29, 1.82) is 0 Å². The second-order valence-electron chi connectivity index (χ2n) is 5.41. The number of anilines is 2. The van der Waals surface area contributed by atoms with E-state index >= 15 is 0 Å². The molecule has 0 bridgehead atoms. The smallest absolute Gasteiger partial charge is 0.255 e. The highest BCUT2D eigenvalue weighted by molar-refractivity contribution is 6.07. The van der Waals surface area contributed by atoms with Crippen LogP contribution in [0.1, 0.15) is 26.3 Å². The molecule has 0 atom stereocenters. The molecule has 2 aromatic carbocycles. The number of halogens is 1. The molecular weight excluding hydrogens is 311 g/mol. The van der Waals surface area contributed by atoms with Crippen molar-refractivity contribution in [2.45, 2.75) is 6.54 Å². The Balaban J connectivity index is 1.81. The van der Waals surface area contributed by atoms with Crippen LogP contribution in [0.15, 0.2) is 36.4 Å². The monoisotopic (exact) mass is 328 g/mol. The molecule has 24 heavy (non-hydrogen) atoms. The third-order valence-corrected chi connectivity index (χ3v) is 3.78. The molecule has 0 unspecified atom stereocenters. The van der Waals surface area contributed by atoms with Gasteiger partial charge in [0.2, 0.25) is 0 Å². The number of carbonyl (C=O) groups is 2. The maximum Gasteiger partial charge on any atom is 0.255 e. The second-order valence-corrected chi connectivity index (χ2v) is 5.41. The molecule has 0 aliphatic carbocycles. The van der Waals surface area contributed by atoms with Crippen LogP contribution < -0.4 is 21.7 Å². The SMILES string of the molecule is NCc1ccc(NC(=O)c2ccc3c(c2)NCCNC3=O)cc1F. The minimum atomic E-state index is -0.462. The van der Waals surface area contributed by atoms with E-state index in [9.17, 15) is 14.0 Å². The zero-order valence-electron chi connectivity index (χ0n) is 12.9. The number of nitrogens with one attached hydrogen (secondary N) is 3. The quantitative estimate of drug-likeness (QED) is 0.689. The van der Waals surface area contributed by atoms with Gasteiger partial charge in [-0.2, -0.15) is 0 Å². The number of hydrogen-bond acceptors (Lipinski definition) is 4. The van der Waals surface area contributed by atoms with Crippen LogP contribution in [0.3, 0.4) is 0 Å². The molecule has 5 N–H and O–H groups in total. The molecule has 2 amide bonds. The number of rotatable bonds is 3. The highest BCUT2D eigenvalue weighted by Gasteiger charge is 2.17. The van der Waals surface area contributed by atoms with E-state index in [0.29, 0.717) is 41.2 Å². The molecule has 7 heteroatoms. The molecule has 1 aliphatic heterocycles. The lowest BCUT2D eigenvalue weighted by Crippen LogP contribution is -2.24. The van der Waals surface area contributed by atoms with Crippen molar-refractivity contribution in [3.8, 4) is 0 Å². The molecule has 0 fully saturated rings. The molecule has 0 spiro atoms. The number of nitrogens with two attached hydrogens (primary N) is 1. The van der Waals surface area contributed by atoms with E-state index < -0.39 is 5.82 Å². The van der Waals surface area contributed by atoms with Gasteiger partial charge in [0, 0.05) is 42.1 Å². The van der Waals surface area contributed by atoms with Crippen LogP contribution in [0.2, 0.25) is 0 Å². The van der Waals surface area contributed by atoms with Gasteiger partial charge in [0.05, 0.1) is 5.56 Å². The van der Waals surface area contributed by atoms with Crippen molar-refractivity contribution >= 4 is 23.2 Å². The first kappa shape index (κ1) is 15.9. The van der Waals surface area contributed by atoms with E-state index in [0.717, 1.165) is 0 Å². The van der Waals surface area contributed by atoms with Gasteiger partial charge in [0.15, 0.2) is 0 Å². The van der Waals surface area contributed by atoms with Gasteiger partial charge in [-0.15, -0.1) is 0 Å². The number of amides is 2. The summed E-state index contributed by atoms with van der Waals surface area (Å²) in [7, 11) is 0. The summed E-state index contributed by atoms with van der Waals surface area (Å²) < 4.78 is 13.7. The van der Waals surface area contributed by atoms with Crippen LogP contribution in [0.4, 0.5) is 15.8 Å². The van der Waals surface area contributed by atoms with E-state index in [1.54, 1.807) is 24.3 Å². The Morgan fingerprint density at radius 2 is 1.96 bits per heavy atom. The number of benzene rings is 2.